The Morgan fingerprint density at radius 1 is 1.00 bits per heavy atom. The highest BCUT2D eigenvalue weighted by atomic mass is 16.1. The molecular weight excluding hydrogens is 248 g/mol. The van der Waals surface area contributed by atoms with E-state index in [0.717, 1.165) is 11.8 Å². The van der Waals surface area contributed by atoms with Gasteiger partial charge in [-0.1, -0.05) is 12.1 Å². The number of rotatable bonds is 2. The second-order valence-corrected chi connectivity index (χ2v) is 7.02. The fraction of sp³-hybridized carbons (Fsp3) is 0.588. The molecule has 4 bridgehead atoms. The molecule has 4 aliphatic rings. The third kappa shape index (κ3) is 1.91. The van der Waals surface area contributed by atoms with Gasteiger partial charge in [-0.15, -0.1) is 0 Å². The SMILES string of the molecule is Nc1ccccc1C(=O)NC1C2CC3CC(C2)CC1C3. The molecule has 5 rings (SSSR count). The Bertz CT molecular complexity index is 512. The minimum Gasteiger partial charge on any atom is -0.398 e. The second kappa shape index (κ2) is 4.51. The van der Waals surface area contributed by atoms with Crippen molar-refractivity contribution in [3.63, 3.8) is 0 Å². The van der Waals surface area contributed by atoms with Gasteiger partial charge in [0.15, 0.2) is 0 Å². The highest BCUT2D eigenvalue weighted by Gasteiger charge is 2.48. The molecule has 0 radical (unpaired) electrons. The van der Waals surface area contributed by atoms with E-state index in [0.29, 0.717) is 29.1 Å². The first-order chi connectivity index (χ1) is 9.70. The van der Waals surface area contributed by atoms with Gasteiger partial charge in [0, 0.05) is 11.7 Å². The zero-order chi connectivity index (χ0) is 13.7. The predicted octanol–water partition coefficient (Wildman–Crippen LogP) is 2.82. The van der Waals surface area contributed by atoms with E-state index in [4.69, 9.17) is 5.73 Å². The summed E-state index contributed by atoms with van der Waals surface area (Å²) in [5.41, 5.74) is 7.11. The lowest BCUT2D eigenvalue weighted by atomic mass is 9.54. The van der Waals surface area contributed by atoms with Crippen molar-refractivity contribution in [2.75, 3.05) is 5.73 Å². The van der Waals surface area contributed by atoms with Crippen molar-refractivity contribution in [3.05, 3.63) is 29.8 Å². The number of nitrogens with two attached hydrogens (primary N) is 1. The summed E-state index contributed by atoms with van der Waals surface area (Å²) in [6.45, 7) is 0. The molecule has 20 heavy (non-hydrogen) atoms. The van der Waals surface area contributed by atoms with E-state index < -0.39 is 0 Å². The number of benzene rings is 1. The standard InChI is InChI=1S/C17H22N2O/c18-15-4-2-1-3-14(15)17(20)19-16-12-6-10-5-11(8-12)9-13(16)7-10/h1-4,10-13,16H,5-9,18H2,(H,19,20). The van der Waals surface area contributed by atoms with Crippen molar-refractivity contribution in [2.24, 2.45) is 23.7 Å². The van der Waals surface area contributed by atoms with Crippen LogP contribution < -0.4 is 11.1 Å². The molecule has 4 saturated carbocycles. The van der Waals surface area contributed by atoms with Gasteiger partial charge in [-0.2, -0.15) is 0 Å². The summed E-state index contributed by atoms with van der Waals surface area (Å²) in [6.07, 6.45) is 6.73. The molecule has 1 aromatic rings. The van der Waals surface area contributed by atoms with Gasteiger partial charge in [0.1, 0.15) is 0 Å². The summed E-state index contributed by atoms with van der Waals surface area (Å²) >= 11 is 0. The summed E-state index contributed by atoms with van der Waals surface area (Å²) in [4.78, 5) is 12.5. The van der Waals surface area contributed by atoms with Crippen LogP contribution in [0.4, 0.5) is 5.69 Å². The van der Waals surface area contributed by atoms with Crippen molar-refractivity contribution in [1.82, 2.24) is 5.32 Å². The molecule has 106 valence electrons. The second-order valence-electron chi connectivity index (χ2n) is 7.02. The Kier molecular flexibility index (Phi) is 2.76. The maximum Gasteiger partial charge on any atom is 0.253 e. The lowest BCUT2D eigenvalue weighted by molar-refractivity contribution is -0.0119. The van der Waals surface area contributed by atoms with Gasteiger partial charge in [0.25, 0.3) is 5.91 Å². The molecule has 1 aromatic carbocycles. The van der Waals surface area contributed by atoms with Crippen molar-refractivity contribution in [3.8, 4) is 0 Å². The predicted molar refractivity (Wildman–Crippen MR) is 79.2 cm³/mol. The number of amides is 1. The van der Waals surface area contributed by atoms with Crippen LogP contribution in [0.25, 0.3) is 0 Å². The summed E-state index contributed by atoms with van der Waals surface area (Å²) in [5.74, 6) is 3.31. The molecule has 0 unspecified atom stereocenters. The average Bonchev–Trinajstić information content (AvgIpc) is 2.42. The highest BCUT2D eigenvalue weighted by molar-refractivity contribution is 5.99. The summed E-state index contributed by atoms with van der Waals surface area (Å²) < 4.78 is 0. The van der Waals surface area contributed by atoms with Gasteiger partial charge in [0.2, 0.25) is 0 Å². The van der Waals surface area contributed by atoms with Crippen molar-refractivity contribution in [2.45, 2.75) is 38.1 Å². The zero-order valence-corrected chi connectivity index (χ0v) is 11.7. The molecule has 3 heteroatoms. The van der Waals surface area contributed by atoms with Gasteiger partial charge in [-0.3, -0.25) is 4.79 Å². The number of carbonyl (C=O) groups excluding carboxylic acids is 1. The zero-order valence-electron chi connectivity index (χ0n) is 11.7. The summed E-state index contributed by atoms with van der Waals surface area (Å²) in [6, 6.07) is 7.75. The fourth-order valence-electron chi connectivity index (χ4n) is 5.09. The Balaban J connectivity index is 1.52. The first-order valence-corrected chi connectivity index (χ1v) is 7.86. The molecular formula is C17H22N2O. The molecule has 0 atom stereocenters. The third-order valence-electron chi connectivity index (χ3n) is 5.73. The summed E-state index contributed by atoms with van der Waals surface area (Å²) in [5, 5.41) is 3.30. The van der Waals surface area contributed by atoms with Crippen molar-refractivity contribution in [1.29, 1.82) is 0 Å². The van der Waals surface area contributed by atoms with Crippen LogP contribution >= 0.6 is 0 Å². The average molecular weight is 270 g/mol. The van der Waals surface area contributed by atoms with Crippen LogP contribution in [-0.2, 0) is 0 Å². The van der Waals surface area contributed by atoms with Gasteiger partial charge >= 0.3 is 0 Å². The van der Waals surface area contributed by atoms with Crippen LogP contribution in [0.1, 0.15) is 42.5 Å². The minimum absolute atomic E-state index is 0.0144. The largest absolute Gasteiger partial charge is 0.398 e. The van der Waals surface area contributed by atoms with Crippen LogP contribution in [0.5, 0.6) is 0 Å². The number of hydrogen-bond acceptors (Lipinski definition) is 2. The fourth-order valence-corrected chi connectivity index (χ4v) is 5.09. The van der Waals surface area contributed by atoms with Gasteiger partial charge in [0.05, 0.1) is 5.56 Å². The smallest absolute Gasteiger partial charge is 0.253 e. The first kappa shape index (κ1) is 12.2. The molecule has 3 N–H and O–H groups in total. The number of hydrogen-bond donors (Lipinski definition) is 2. The van der Waals surface area contributed by atoms with E-state index in [9.17, 15) is 4.79 Å². The first-order valence-electron chi connectivity index (χ1n) is 7.86. The molecule has 0 spiro atoms. The Morgan fingerprint density at radius 2 is 1.60 bits per heavy atom. The molecule has 0 heterocycles. The number of nitrogens with one attached hydrogen (secondary N) is 1. The van der Waals surface area contributed by atoms with Crippen LogP contribution in [0, 0.1) is 23.7 Å². The van der Waals surface area contributed by atoms with Crippen LogP contribution in [0.3, 0.4) is 0 Å². The topological polar surface area (TPSA) is 55.1 Å². The molecule has 3 nitrogen and oxygen atoms in total. The van der Waals surface area contributed by atoms with Gasteiger partial charge in [-0.25, -0.2) is 0 Å². The summed E-state index contributed by atoms with van der Waals surface area (Å²) in [7, 11) is 0. The minimum atomic E-state index is 0.0144. The van der Waals surface area contributed by atoms with Gasteiger partial charge < -0.3 is 11.1 Å². The monoisotopic (exact) mass is 270 g/mol. The molecule has 0 aliphatic heterocycles. The lowest BCUT2D eigenvalue weighted by Gasteiger charge is -2.54. The van der Waals surface area contributed by atoms with Crippen molar-refractivity contribution >= 4 is 11.6 Å². The lowest BCUT2D eigenvalue weighted by Crippen LogP contribution is -2.55. The number of nitrogen functional groups attached to an aromatic ring is 1. The van der Waals surface area contributed by atoms with E-state index >= 15 is 0 Å². The molecule has 1 amide bonds. The maximum absolute atomic E-state index is 12.5. The quantitative estimate of drug-likeness (QED) is 0.812. The number of para-hydroxylation sites is 1. The Morgan fingerprint density at radius 3 is 2.20 bits per heavy atom. The molecule has 0 saturated heterocycles. The number of carbonyl (C=O) groups is 1. The van der Waals surface area contributed by atoms with E-state index in [1.165, 1.54) is 32.1 Å². The van der Waals surface area contributed by atoms with Crippen LogP contribution in [0.15, 0.2) is 24.3 Å². The van der Waals surface area contributed by atoms with E-state index in [2.05, 4.69) is 5.32 Å². The number of anilines is 1. The third-order valence-corrected chi connectivity index (χ3v) is 5.73. The molecule has 4 aliphatic carbocycles. The molecule has 4 fully saturated rings. The van der Waals surface area contributed by atoms with Crippen LogP contribution in [0.2, 0.25) is 0 Å². The van der Waals surface area contributed by atoms with E-state index in [-0.39, 0.29) is 5.91 Å². The van der Waals surface area contributed by atoms with Crippen molar-refractivity contribution < 1.29 is 4.79 Å². The highest BCUT2D eigenvalue weighted by Crippen LogP contribution is 2.53. The maximum atomic E-state index is 12.5. The molecule has 0 aromatic heterocycles. The normalized spacial score (nSPS) is 37.9. The Labute approximate surface area is 119 Å². The van der Waals surface area contributed by atoms with Gasteiger partial charge in [-0.05, 0) is 67.9 Å². The van der Waals surface area contributed by atoms with E-state index in [1.54, 1.807) is 6.07 Å². The van der Waals surface area contributed by atoms with Crippen LogP contribution in [-0.4, -0.2) is 11.9 Å². The van der Waals surface area contributed by atoms with E-state index in [1.807, 2.05) is 18.2 Å². The Hall–Kier alpha value is -1.51.